The molecule has 1 aliphatic carbocycles. The van der Waals surface area contributed by atoms with Gasteiger partial charge in [0.05, 0.1) is 0 Å². The summed E-state index contributed by atoms with van der Waals surface area (Å²) in [5, 5.41) is 3.90. The van der Waals surface area contributed by atoms with Crippen molar-refractivity contribution in [3.63, 3.8) is 0 Å². The standard InChI is InChI=1S/C17H30N2/c1-14-6-3-7-15(12-16-8-4-11-19(14)16)18-13-17(2)9-5-10-17/h15-16,18H,1,3-13H2,2H3/t15?,16-/m1/s1. The van der Waals surface area contributed by atoms with Crippen molar-refractivity contribution in [2.45, 2.75) is 76.8 Å². The Bertz CT molecular complexity index is 332. The van der Waals surface area contributed by atoms with Gasteiger partial charge in [0, 0.05) is 30.9 Å². The molecule has 2 nitrogen and oxygen atoms in total. The van der Waals surface area contributed by atoms with Crippen molar-refractivity contribution in [2.24, 2.45) is 5.41 Å². The van der Waals surface area contributed by atoms with Crippen LogP contribution >= 0.6 is 0 Å². The number of hydrogen-bond donors (Lipinski definition) is 1. The lowest BCUT2D eigenvalue weighted by Gasteiger charge is -2.41. The zero-order chi connectivity index (χ0) is 13.3. The molecule has 0 bridgehead atoms. The normalized spacial score (nSPS) is 34.4. The van der Waals surface area contributed by atoms with Crippen LogP contribution in [0.1, 0.15) is 64.7 Å². The maximum atomic E-state index is 4.30. The minimum absolute atomic E-state index is 0.612. The number of allylic oxidation sites excluding steroid dienone is 1. The summed E-state index contributed by atoms with van der Waals surface area (Å²) in [7, 11) is 0. The van der Waals surface area contributed by atoms with Gasteiger partial charge in [0.1, 0.15) is 0 Å². The summed E-state index contributed by atoms with van der Waals surface area (Å²) in [6, 6.07) is 1.52. The molecule has 3 aliphatic rings. The summed E-state index contributed by atoms with van der Waals surface area (Å²) in [6.45, 7) is 9.25. The molecule has 1 unspecified atom stereocenters. The number of fused-ring (bicyclic) bond motifs is 1. The van der Waals surface area contributed by atoms with Crippen LogP contribution in [0, 0.1) is 5.41 Å². The van der Waals surface area contributed by atoms with Crippen LogP contribution in [-0.2, 0) is 0 Å². The lowest BCUT2D eigenvalue weighted by molar-refractivity contribution is 0.142. The van der Waals surface area contributed by atoms with E-state index in [1.807, 2.05) is 0 Å². The van der Waals surface area contributed by atoms with Crippen LogP contribution in [0.25, 0.3) is 0 Å². The SMILES string of the molecule is C=C1CCCC(NCC2(C)CCC2)C[C@H]2CCCN12. The van der Waals surface area contributed by atoms with E-state index in [0.29, 0.717) is 5.41 Å². The summed E-state index contributed by atoms with van der Waals surface area (Å²) in [5.74, 6) is 0. The van der Waals surface area contributed by atoms with Gasteiger partial charge in [-0.2, -0.15) is 0 Å². The summed E-state index contributed by atoms with van der Waals surface area (Å²) in [5.41, 5.74) is 2.02. The van der Waals surface area contributed by atoms with Crippen molar-refractivity contribution in [3.05, 3.63) is 12.3 Å². The van der Waals surface area contributed by atoms with Crippen molar-refractivity contribution >= 4 is 0 Å². The second kappa shape index (κ2) is 5.47. The minimum atomic E-state index is 0.612. The van der Waals surface area contributed by atoms with Gasteiger partial charge in [-0.05, 0) is 56.8 Å². The highest BCUT2D eigenvalue weighted by Gasteiger charge is 2.34. The third-order valence-corrected chi connectivity index (χ3v) is 5.74. The van der Waals surface area contributed by atoms with Gasteiger partial charge in [-0.15, -0.1) is 0 Å². The predicted molar refractivity (Wildman–Crippen MR) is 81.1 cm³/mol. The van der Waals surface area contributed by atoms with E-state index in [4.69, 9.17) is 0 Å². The molecule has 0 spiro atoms. The third kappa shape index (κ3) is 2.99. The first-order chi connectivity index (χ1) is 9.16. The molecule has 0 amide bonds. The molecule has 0 aromatic rings. The van der Waals surface area contributed by atoms with Gasteiger partial charge in [0.15, 0.2) is 0 Å². The van der Waals surface area contributed by atoms with E-state index < -0.39 is 0 Å². The molecule has 2 aliphatic heterocycles. The Morgan fingerprint density at radius 3 is 2.84 bits per heavy atom. The average Bonchev–Trinajstić information content (AvgIpc) is 2.78. The molecule has 3 fully saturated rings. The lowest BCUT2D eigenvalue weighted by atomic mass is 9.70. The molecule has 0 aromatic heterocycles. The molecule has 2 saturated heterocycles. The molecular formula is C17H30N2. The highest BCUT2D eigenvalue weighted by molar-refractivity contribution is 5.02. The Morgan fingerprint density at radius 1 is 1.26 bits per heavy atom. The molecule has 3 rings (SSSR count). The highest BCUT2D eigenvalue weighted by Crippen LogP contribution is 2.40. The first-order valence-electron chi connectivity index (χ1n) is 8.34. The number of hydrogen-bond acceptors (Lipinski definition) is 2. The smallest absolute Gasteiger partial charge is 0.0302 e. The van der Waals surface area contributed by atoms with E-state index in [2.05, 4.69) is 23.7 Å². The van der Waals surface area contributed by atoms with Gasteiger partial charge >= 0.3 is 0 Å². The molecular weight excluding hydrogens is 232 g/mol. The molecule has 1 saturated carbocycles. The highest BCUT2D eigenvalue weighted by atomic mass is 15.2. The average molecular weight is 262 g/mol. The number of nitrogens with zero attached hydrogens (tertiary/aromatic N) is 1. The van der Waals surface area contributed by atoms with Crippen molar-refractivity contribution in [3.8, 4) is 0 Å². The van der Waals surface area contributed by atoms with Crippen LogP contribution in [0.3, 0.4) is 0 Å². The van der Waals surface area contributed by atoms with Crippen molar-refractivity contribution in [1.82, 2.24) is 10.2 Å². The second-order valence-electron chi connectivity index (χ2n) is 7.43. The van der Waals surface area contributed by atoms with Crippen molar-refractivity contribution in [2.75, 3.05) is 13.1 Å². The predicted octanol–water partition coefficient (Wildman–Crippen LogP) is 3.69. The van der Waals surface area contributed by atoms with Gasteiger partial charge in [-0.25, -0.2) is 0 Å². The van der Waals surface area contributed by atoms with Crippen LogP contribution in [-0.4, -0.2) is 30.1 Å². The van der Waals surface area contributed by atoms with Crippen LogP contribution in [0.2, 0.25) is 0 Å². The van der Waals surface area contributed by atoms with Gasteiger partial charge in [0.2, 0.25) is 0 Å². The fourth-order valence-electron chi connectivity index (χ4n) is 4.17. The molecule has 108 valence electrons. The van der Waals surface area contributed by atoms with E-state index in [1.54, 1.807) is 0 Å². The Hall–Kier alpha value is -0.500. The Labute approximate surface area is 118 Å². The molecule has 1 N–H and O–H groups in total. The largest absolute Gasteiger partial charge is 0.372 e. The molecule has 2 atom stereocenters. The number of nitrogens with one attached hydrogen (secondary N) is 1. The van der Waals surface area contributed by atoms with E-state index in [-0.39, 0.29) is 0 Å². The van der Waals surface area contributed by atoms with E-state index >= 15 is 0 Å². The number of rotatable bonds is 3. The fraction of sp³-hybridized carbons (Fsp3) is 0.882. The van der Waals surface area contributed by atoms with Gasteiger partial charge in [-0.3, -0.25) is 0 Å². The topological polar surface area (TPSA) is 15.3 Å². The van der Waals surface area contributed by atoms with Crippen molar-refractivity contribution < 1.29 is 0 Å². The van der Waals surface area contributed by atoms with Crippen LogP contribution in [0.15, 0.2) is 12.3 Å². The van der Waals surface area contributed by atoms with E-state index in [9.17, 15) is 0 Å². The Morgan fingerprint density at radius 2 is 2.11 bits per heavy atom. The van der Waals surface area contributed by atoms with Crippen LogP contribution in [0.5, 0.6) is 0 Å². The lowest BCUT2D eigenvalue weighted by Crippen LogP contribution is -2.45. The zero-order valence-corrected chi connectivity index (χ0v) is 12.6. The van der Waals surface area contributed by atoms with Gasteiger partial charge in [-0.1, -0.05) is 19.9 Å². The van der Waals surface area contributed by atoms with Crippen molar-refractivity contribution in [1.29, 1.82) is 0 Å². The summed E-state index contributed by atoms with van der Waals surface area (Å²) in [6.07, 6.45) is 12.3. The maximum Gasteiger partial charge on any atom is 0.0302 e. The second-order valence-corrected chi connectivity index (χ2v) is 7.43. The van der Waals surface area contributed by atoms with E-state index in [0.717, 1.165) is 12.1 Å². The molecule has 2 heteroatoms. The first-order valence-corrected chi connectivity index (χ1v) is 8.34. The maximum absolute atomic E-state index is 4.30. The molecule has 0 radical (unpaired) electrons. The molecule has 0 aromatic carbocycles. The Kier molecular flexibility index (Phi) is 3.88. The quantitative estimate of drug-likeness (QED) is 0.834. The molecule has 19 heavy (non-hydrogen) atoms. The summed E-state index contributed by atoms with van der Waals surface area (Å²) >= 11 is 0. The fourth-order valence-corrected chi connectivity index (χ4v) is 4.17. The molecule has 2 heterocycles. The van der Waals surface area contributed by atoms with E-state index in [1.165, 1.54) is 76.6 Å². The van der Waals surface area contributed by atoms with Gasteiger partial charge in [0.25, 0.3) is 0 Å². The Balaban J connectivity index is 1.55. The van der Waals surface area contributed by atoms with Crippen LogP contribution in [0.4, 0.5) is 0 Å². The monoisotopic (exact) mass is 262 g/mol. The third-order valence-electron chi connectivity index (χ3n) is 5.74. The summed E-state index contributed by atoms with van der Waals surface area (Å²) in [4.78, 5) is 2.61. The minimum Gasteiger partial charge on any atom is -0.372 e. The summed E-state index contributed by atoms with van der Waals surface area (Å²) < 4.78 is 0. The first kappa shape index (κ1) is 13.5. The van der Waals surface area contributed by atoms with Crippen LogP contribution < -0.4 is 5.32 Å². The van der Waals surface area contributed by atoms with Gasteiger partial charge < -0.3 is 10.2 Å². The zero-order valence-electron chi connectivity index (χ0n) is 12.6.